The minimum Gasteiger partial charge on any atom is -0.465 e. The number of ether oxygens (including phenoxy) is 1. The van der Waals surface area contributed by atoms with E-state index >= 15 is 0 Å². The van der Waals surface area contributed by atoms with Gasteiger partial charge in [-0.1, -0.05) is 6.92 Å². The molecule has 0 aliphatic heterocycles. The summed E-state index contributed by atoms with van der Waals surface area (Å²) >= 11 is 1.81. The Morgan fingerprint density at radius 2 is 2.39 bits per heavy atom. The molecule has 100 valence electrons. The second-order valence-corrected chi connectivity index (χ2v) is 5.19. The van der Waals surface area contributed by atoms with Crippen molar-refractivity contribution in [2.24, 2.45) is 0 Å². The van der Waals surface area contributed by atoms with Crippen LogP contribution in [-0.2, 0) is 4.74 Å². The third-order valence-electron chi connectivity index (χ3n) is 2.56. The fourth-order valence-electron chi connectivity index (χ4n) is 1.40. The predicted octanol–water partition coefficient (Wildman–Crippen LogP) is 2.00. The average Bonchev–Trinajstić information content (AvgIpc) is 2.39. The zero-order valence-electron chi connectivity index (χ0n) is 10.9. The predicted molar refractivity (Wildman–Crippen MR) is 76.1 cm³/mol. The van der Waals surface area contributed by atoms with Crippen LogP contribution >= 0.6 is 11.8 Å². The van der Waals surface area contributed by atoms with Crippen LogP contribution in [0.2, 0.25) is 0 Å². The Hall–Kier alpha value is -1.43. The highest BCUT2D eigenvalue weighted by Crippen LogP contribution is 2.17. The number of thioether (sulfide) groups is 1. The lowest BCUT2D eigenvalue weighted by Crippen LogP contribution is -2.13. The number of nitrogens with one attached hydrogen (secondary N) is 1. The number of nitrogens with zero attached hydrogens (tertiary/aromatic N) is 1. The van der Waals surface area contributed by atoms with E-state index in [-0.39, 0.29) is 0 Å². The molecule has 1 unspecified atom stereocenters. The molecule has 18 heavy (non-hydrogen) atoms. The molecule has 0 aliphatic rings. The highest BCUT2D eigenvalue weighted by molar-refractivity contribution is 7.99. The summed E-state index contributed by atoms with van der Waals surface area (Å²) in [6.45, 7) is 2.91. The van der Waals surface area contributed by atoms with E-state index in [0.29, 0.717) is 22.3 Å². The van der Waals surface area contributed by atoms with Crippen LogP contribution in [-0.4, -0.2) is 36.1 Å². The van der Waals surface area contributed by atoms with Crippen LogP contribution < -0.4 is 11.1 Å². The largest absolute Gasteiger partial charge is 0.465 e. The Morgan fingerprint density at radius 1 is 1.67 bits per heavy atom. The van der Waals surface area contributed by atoms with Crippen molar-refractivity contribution in [2.45, 2.75) is 18.6 Å². The van der Waals surface area contributed by atoms with Gasteiger partial charge in [0.1, 0.15) is 11.4 Å². The molecule has 1 aromatic heterocycles. The van der Waals surface area contributed by atoms with E-state index in [0.717, 1.165) is 13.0 Å². The Bertz CT molecular complexity index is 412. The minimum absolute atomic E-state index is 0.370. The molecule has 5 nitrogen and oxygen atoms in total. The summed E-state index contributed by atoms with van der Waals surface area (Å²) < 4.78 is 4.70. The monoisotopic (exact) mass is 269 g/mol. The van der Waals surface area contributed by atoms with Crippen LogP contribution in [0.5, 0.6) is 0 Å². The van der Waals surface area contributed by atoms with Crippen molar-refractivity contribution in [3.63, 3.8) is 0 Å². The number of esters is 1. The van der Waals surface area contributed by atoms with Crippen LogP contribution in [0.25, 0.3) is 0 Å². The van der Waals surface area contributed by atoms with Crippen LogP contribution in [0.4, 0.5) is 11.5 Å². The molecule has 0 aliphatic carbocycles. The van der Waals surface area contributed by atoms with Crippen LogP contribution in [0.3, 0.4) is 0 Å². The zero-order valence-corrected chi connectivity index (χ0v) is 11.7. The zero-order chi connectivity index (χ0) is 13.5. The average molecular weight is 269 g/mol. The van der Waals surface area contributed by atoms with E-state index in [1.807, 2.05) is 0 Å². The highest BCUT2D eigenvalue weighted by Gasteiger charge is 2.13. The Balaban J connectivity index is 2.72. The topological polar surface area (TPSA) is 77.2 Å². The van der Waals surface area contributed by atoms with E-state index in [1.165, 1.54) is 13.3 Å². The van der Waals surface area contributed by atoms with Gasteiger partial charge >= 0.3 is 5.97 Å². The summed E-state index contributed by atoms with van der Waals surface area (Å²) in [5.74, 6) is 0.0829. The molecule has 0 fully saturated rings. The van der Waals surface area contributed by atoms with Gasteiger partial charge in [0.05, 0.1) is 19.0 Å². The lowest BCUT2D eigenvalue weighted by atomic mass is 10.2. The van der Waals surface area contributed by atoms with Crippen molar-refractivity contribution in [3.8, 4) is 0 Å². The first-order valence-corrected chi connectivity index (χ1v) is 6.97. The SMILES string of the molecule is COC(=O)c1cc(N)cnc1NCCC(C)SC. The Morgan fingerprint density at radius 3 is 3.00 bits per heavy atom. The lowest BCUT2D eigenvalue weighted by molar-refractivity contribution is 0.0601. The van der Waals surface area contributed by atoms with Crippen LogP contribution in [0, 0.1) is 0 Å². The van der Waals surface area contributed by atoms with Crippen molar-refractivity contribution >= 4 is 29.2 Å². The summed E-state index contributed by atoms with van der Waals surface area (Å²) in [7, 11) is 1.34. The summed E-state index contributed by atoms with van der Waals surface area (Å²) in [5.41, 5.74) is 6.43. The summed E-state index contributed by atoms with van der Waals surface area (Å²) in [6.07, 6.45) is 4.59. The maximum atomic E-state index is 11.6. The molecule has 0 saturated heterocycles. The molecule has 1 atom stereocenters. The van der Waals surface area contributed by atoms with Gasteiger partial charge in [-0.15, -0.1) is 0 Å². The van der Waals surface area contributed by atoms with E-state index in [4.69, 9.17) is 10.5 Å². The van der Waals surface area contributed by atoms with Crippen molar-refractivity contribution in [1.82, 2.24) is 4.98 Å². The molecule has 0 saturated carbocycles. The van der Waals surface area contributed by atoms with Crippen molar-refractivity contribution in [3.05, 3.63) is 17.8 Å². The number of nitrogens with two attached hydrogens (primary N) is 1. The van der Waals surface area contributed by atoms with Gasteiger partial charge in [-0.05, 0) is 18.7 Å². The molecule has 0 amide bonds. The highest BCUT2D eigenvalue weighted by atomic mass is 32.2. The number of carbonyl (C=O) groups is 1. The molecule has 0 bridgehead atoms. The van der Waals surface area contributed by atoms with Gasteiger partial charge in [-0.2, -0.15) is 11.8 Å². The molecular weight excluding hydrogens is 250 g/mol. The lowest BCUT2D eigenvalue weighted by Gasteiger charge is -2.12. The van der Waals surface area contributed by atoms with Crippen molar-refractivity contribution in [1.29, 1.82) is 0 Å². The first-order valence-electron chi connectivity index (χ1n) is 5.69. The van der Waals surface area contributed by atoms with Gasteiger partial charge in [0.25, 0.3) is 0 Å². The van der Waals surface area contributed by atoms with Gasteiger partial charge in [0.15, 0.2) is 0 Å². The first-order chi connectivity index (χ1) is 8.58. The maximum absolute atomic E-state index is 11.6. The third-order valence-corrected chi connectivity index (χ3v) is 3.60. The molecule has 0 aromatic carbocycles. The molecule has 1 heterocycles. The van der Waals surface area contributed by atoms with E-state index in [9.17, 15) is 4.79 Å². The van der Waals surface area contributed by atoms with Gasteiger partial charge in [-0.3, -0.25) is 0 Å². The maximum Gasteiger partial charge on any atom is 0.341 e. The van der Waals surface area contributed by atoms with E-state index in [1.54, 1.807) is 17.8 Å². The molecule has 0 radical (unpaired) electrons. The summed E-state index contributed by atoms with van der Waals surface area (Å²) in [5, 5.41) is 3.70. The Kier molecular flexibility index (Phi) is 5.77. The number of aromatic nitrogens is 1. The van der Waals surface area contributed by atoms with Gasteiger partial charge in [0, 0.05) is 11.8 Å². The van der Waals surface area contributed by atoms with Gasteiger partial charge in [-0.25, -0.2) is 9.78 Å². The minimum atomic E-state index is -0.435. The molecule has 0 spiro atoms. The molecular formula is C12H19N3O2S. The summed E-state index contributed by atoms with van der Waals surface area (Å²) in [6, 6.07) is 1.57. The molecule has 3 N–H and O–H groups in total. The van der Waals surface area contributed by atoms with E-state index < -0.39 is 5.97 Å². The number of rotatable bonds is 6. The molecule has 1 aromatic rings. The van der Waals surface area contributed by atoms with Gasteiger partial charge < -0.3 is 15.8 Å². The number of nitrogen functional groups attached to an aromatic ring is 1. The fourth-order valence-corrected chi connectivity index (χ4v) is 1.75. The standard InChI is InChI=1S/C12H19N3O2S/c1-8(18-3)4-5-14-11-10(12(16)17-2)6-9(13)7-15-11/h6-8H,4-5,13H2,1-3H3,(H,14,15). The molecule has 1 rings (SSSR count). The third kappa shape index (κ3) is 4.10. The normalized spacial score (nSPS) is 11.9. The molecule has 6 heteroatoms. The second kappa shape index (κ2) is 7.10. The number of methoxy groups -OCH3 is 1. The Labute approximate surface area is 111 Å². The van der Waals surface area contributed by atoms with Crippen molar-refractivity contribution in [2.75, 3.05) is 31.0 Å². The number of carbonyl (C=O) groups excluding carboxylic acids is 1. The first kappa shape index (κ1) is 14.6. The smallest absolute Gasteiger partial charge is 0.341 e. The number of anilines is 2. The van der Waals surface area contributed by atoms with Crippen LogP contribution in [0.15, 0.2) is 12.3 Å². The van der Waals surface area contributed by atoms with Crippen LogP contribution in [0.1, 0.15) is 23.7 Å². The van der Waals surface area contributed by atoms with Gasteiger partial charge in [0.2, 0.25) is 0 Å². The number of hydrogen-bond acceptors (Lipinski definition) is 6. The second-order valence-electron chi connectivity index (χ2n) is 3.92. The number of pyridine rings is 1. The van der Waals surface area contributed by atoms with Crippen molar-refractivity contribution < 1.29 is 9.53 Å². The summed E-state index contributed by atoms with van der Waals surface area (Å²) in [4.78, 5) is 15.7. The van der Waals surface area contributed by atoms with E-state index in [2.05, 4.69) is 23.5 Å². The number of hydrogen-bond donors (Lipinski definition) is 2. The fraction of sp³-hybridized carbons (Fsp3) is 0.500. The quantitative estimate of drug-likeness (QED) is 0.769.